The third-order valence-electron chi connectivity index (χ3n) is 2.20. The van der Waals surface area contributed by atoms with Crippen LogP contribution in [0.1, 0.15) is 31.3 Å². The molecule has 0 fully saturated rings. The topological polar surface area (TPSA) is 37.8 Å². The molecule has 17 heavy (non-hydrogen) atoms. The molecular formula is C11H16F3N3. The Morgan fingerprint density at radius 3 is 2.59 bits per heavy atom. The number of aryl methyl sites for hydroxylation is 2. The normalized spacial score (nSPS) is 11.6. The van der Waals surface area contributed by atoms with Crippen LogP contribution in [0.2, 0.25) is 0 Å². The highest BCUT2D eigenvalue weighted by atomic mass is 19.4. The summed E-state index contributed by atoms with van der Waals surface area (Å²) >= 11 is 0. The van der Waals surface area contributed by atoms with Gasteiger partial charge in [0.2, 0.25) is 0 Å². The van der Waals surface area contributed by atoms with Gasteiger partial charge in [-0.3, -0.25) is 0 Å². The molecule has 0 unspecified atom stereocenters. The molecule has 0 spiro atoms. The largest absolute Gasteiger partial charge is 0.389 e. The SMILES string of the molecule is CCc1cc(NCCCC(F)(F)F)nc(C)n1. The van der Waals surface area contributed by atoms with Crippen molar-refractivity contribution >= 4 is 5.82 Å². The van der Waals surface area contributed by atoms with E-state index in [9.17, 15) is 13.2 Å². The second-order valence-electron chi connectivity index (χ2n) is 3.79. The van der Waals surface area contributed by atoms with E-state index in [4.69, 9.17) is 0 Å². The first-order chi connectivity index (χ1) is 7.90. The number of aromatic nitrogens is 2. The van der Waals surface area contributed by atoms with Gasteiger partial charge in [-0.05, 0) is 19.8 Å². The summed E-state index contributed by atoms with van der Waals surface area (Å²) in [4.78, 5) is 8.30. The number of nitrogens with one attached hydrogen (secondary N) is 1. The van der Waals surface area contributed by atoms with Gasteiger partial charge in [0.25, 0.3) is 0 Å². The van der Waals surface area contributed by atoms with Crippen molar-refractivity contribution in [1.29, 1.82) is 0 Å². The monoisotopic (exact) mass is 247 g/mol. The maximum absolute atomic E-state index is 11.9. The smallest absolute Gasteiger partial charge is 0.370 e. The molecule has 1 aromatic heterocycles. The molecule has 0 bridgehead atoms. The van der Waals surface area contributed by atoms with Gasteiger partial charge in [0.15, 0.2) is 0 Å². The van der Waals surface area contributed by atoms with Gasteiger partial charge in [0, 0.05) is 24.7 Å². The number of hydrogen-bond acceptors (Lipinski definition) is 3. The second-order valence-corrected chi connectivity index (χ2v) is 3.79. The van der Waals surface area contributed by atoms with E-state index in [-0.39, 0.29) is 13.0 Å². The van der Waals surface area contributed by atoms with Crippen LogP contribution in [0.15, 0.2) is 6.07 Å². The lowest BCUT2D eigenvalue weighted by Gasteiger charge is -2.09. The minimum absolute atomic E-state index is 0.0496. The molecule has 0 aliphatic rings. The standard InChI is InChI=1S/C11H16F3N3/c1-3-9-7-10(17-8(2)16-9)15-6-4-5-11(12,13)14/h7H,3-6H2,1-2H3,(H,15,16,17). The van der Waals surface area contributed by atoms with Gasteiger partial charge in [-0.25, -0.2) is 9.97 Å². The summed E-state index contributed by atoms with van der Waals surface area (Å²) in [5, 5.41) is 2.88. The van der Waals surface area contributed by atoms with E-state index in [0.717, 1.165) is 12.1 Å². The number of nitrogens with zero attached hydrogens (tertiary/aromatic N) is 2. The fraction of sp³-hybridized carbons (Fsp3) is 0.636. The van der Waals surface area contributed by atoms with E-state index in [1.165, 1.54) is 0 Å². The Bertz CT molecular complexity index is 363. The zero-order chi connectivity index (χ0) is 12.9. The molecule has 1 N–H and O–H groups in total. The van der Waals surface area contributed by atoms with Crippen LogP contribution in [0.5, 0.6) is 0 Å². The van der Waals surface area contributed by atoms with Gasteiger partial charge < -0.3 is 5.32 Å². The second kappa shape index (κ2) is 5.84. The fourth-order valence-corrected chi connectivity index (χ4v) is 1.41. The minimum Gasteiger partial charge on any atom is -0.370 e. The predicted octanol–water partition coefficient (Wildman–Crippen LogP) is 3.10. The van der Waals surface area contributed by atoms with Crippen molar-refractivity contribution in [2.75, 3.05) is 11.9 Å². The Morgan fingerprint density at radius 2 is 2.00 bits per heavy atom. The molecule has 6 heteroatoms. The zero-order valence-corrected chi connectivity index (χ0v) is 9.93. The molecule has 0 aliphatic heterocycles. The highest BCUT2D eigenvalue weighted by Gasteiger charge is 2.25. The summed E-state index contributed by atoms with van der Waals surface area (Å²) in [5.41, 5.74) is 0.885. The molecule has 0 saturated heterocycles. The minimum atomic E-state index is -4.09. The molecule has 96 valence electrons. The summed E-state index contributed by atoms with van der Waals surface area (Å²) in [6.45, 7) is 3.99. The summed E-state index contributed by atoms with van der Waals surface area (Å²) < 4.78 is 35.7. The average molecular weight is 247 g/mol. The zero-order valence-electron chi connectivity index (χ0n) is 9.93. The first-order valence-electron chi connectivity index (χ1n) is 5.56. The van der Waals surface area contributed by atoms with Gasteiger partial charge in [-0.2, -0.15) is 13.2 Å². The quantitative estimate of drug-likeness (QED) is 0.812. The van der Waals surface area contributed by atoms with E-state index < -0.39 is 12.6 Å². The Balaban J connectivity index is 2.44. The number of alkyl halides is 3. The Morgan fingerprint density at radius 1 is 1.29 bits per heavy atom. The predicted molar refractivity (Wildman–Crippen MR) is 59.9 cm³/mol. The lowest BCUT2D eigenvalue weighted by atomic mass is 10.3. The molecule has 1 heterocycles. The molecular weight excluding hydrogens is 231 g/mol. The highest BCUT2D eigenvalue weighted by Crippen LogP contribution is 2.21. The van der Waals surface area contributed by atoms with Crippen molar-refractivity contribution in [3.8, 4) is 0 Å². The summed E-state index contributed by atoms with van der Waals surface area (Å²) in [7, 11) is 0. The maximum atomic E-state index is 11.9. The van der Waals surface area contributed by atoms with Gasteiger partial charge in [0.05, 0.1) is 0 Å². The lowest BCUT2D eigenvalue weighted by Crippen LogP contribution is -2.12. The number of halogens is 3. The van der Waals surface area contributed by atoms with Gasteiger partial charge >= 0.3 is 6.18 Å². The van der Waals surface area contributed by atoms with Crippen LogP contribution in [-0.4, -0.2) is 22.7 Å². The van der Waals surface area contributed by atoms with Crippen molar-refractivity contribution in [3.63, 3.8) is 0 Å². The van der Waals surface area contributed by atoms with Crippen molar-refractivity contribution in [3.05, 3.63) is 17.6 Å². The van der Waals surface area contributed by atoms with Crippen LogP contribution in [0.3, 0.4) is 0 Å². The molecule has 0 aliphatic carbocycles. The van der Waals surface area contributed by atoms with E-state index in [1.54, 1.807) is 13.0 Å². The van der Waals surface area contributed by atoms with Crippen molar-refractivity contribution < 1.29 is 13.2 Å². The van der Waals surface area contributed by atoms with Crippen LogP contribution in [0.25, 0.3) is 0 Å². The molecule has 1 aromatic rings. The number of anilines is 1. The summed E-state index contributed by atoms with van der Waals surface area (Å²) in [6.07, 6.45) is -4.03. The van der Waals surface area contributed by atoms with Crippen molar-refractivity contribution in [1.82, 2.24) is 9.97 Å². The molecule has 1 rings (SSSR count). The molecule has 0 atom stereocenters. The molecule has 0 radical (unpaired) electrons. The van der Waals surface area contributed by atoms with Gasteiger partial charge in [-0.15, -0.1) is 0 Å². The average Bonchev–Trinajstić information content (AvgIpc) is 2.22. The summed E-state index contributed by atoms with van der Waals surface area (Å²) in [6, 6.07) is 1.76. The van der Waals surface area contributed by atoms with E-state index in [0.29, 0.717) is 11.6 Å². The highest BCUT2D eigenvalue weighted by molar-refractivity contribution is 5.35. The van der Waals surface area contributed by atoms with Crippen LogP contribution in [0.4, 0.5) is 19.0 Å². The third kappa shape index (κ3) is 5.51. The van der Waals surface area contributed by atoms with Crippen molar-refractivity contribution in [2.24, 2.45) is 0 Å². The van der Waals surface area contributed by atoms with Crippen LogP contribution in [0, 0.1) is 6.92 Å². The fourth-order valence-electron chi connectivity index (χ4n) is 1.41. The Kier molecular flexibility index (Phi) is 4.72. The van der Waals surface area contributed by atoms with Gasteiger partial charge in [0.1, 0.15) is 11.6 Å². The van der Waals surface area contributed by atoms with E-state index in [2.05, 4.69) is 15.3 Å². The van der Waals surface area contributed by atoms with Crippen molar-refractivity contribution in [2.45, 2.75) is 39.3 Å². The molecule has 0 amide bonds. The lowest BCUT2D eigenvalue weighted by molar-refractivity contribution is -0.134. The summed E-state index contributed by atoms with van der Waals surface area (Å²) in [5.74, 6) is 1.22. The number of rotatable bonds is 5. The first kappa shape index (κ1) is 13.7. The Labute approximate surface area is 98.5 Å². The molecule has 0 saturated carbocycles. The first-order valence-corrected chi connectivity index (χ1v) is 5.56. The Hall–Kier alpha value is -1.33. The maximum Gasteiger partial charge on any atom is 0.389 e. The van der Waals surface area contributed by atoms with Gasteiger partial charge in [-0.1, -0.05) is 6.92 Å². The van der Waals surface area contributed by atoms with Crippen LogP contribution in [-0.2, 0) is 6.42 Å². The molecule has 3 nitrogen and oxygen atoms in total. The van der Waals surface area contributed by atoms with Crippen LogP contribution < -0.4 is 5.32 Å². The molecule has 0 aromatic carbocycles. The number of hydrogen-bond donors (Lipinski definition) is 1. The van der Waals surface area contributed by atoms with Crippen LogP contribution >= 0.6 is 0 Å². The van der Waals surface area contributed by atoms with E-state index >= 15 is 0 Å². The third-order valence-corrected chi connectivity index (χ3v) is 2.20. The van der Waals surface area contributed by atoms with E-state index in [1.807, 2.05) is 6.92 Å².